The molecule has 0 saturated heterocycles. The quantitative estimate of drug-likeness (QED) is 0.862. The Bertz CT molecular complexity index is 629. The molecule has 0 aliphatic carbocycles. The van der Waals surface area contributed by atoms with Crippen molar-refractivity contribution >= 4 is 17.6 Å². The maximum atomic E-state index is 12.0. The van der Waals surface area contributed by atoms with Gasteiger partial charge in [-0.05, 0) is 24.6 Å². The molecule has 0 spiro atoms. The highest BCUT2D eigenvalue weighted by Crippen LogP contribution is 2.11. The van der Waals surface area contributed by atoms with Gasteiger partial charge < -0.3 is 10.2 Å². The van der Waals surface area contributed by atoms with Crippen molar-refractivity contribution in [2.45, 2.75) is 13.5 Å². The third-order valence-electron chi connectivity index (χ3n) is 3.39. The first kappa shape index (κ1) is 16.5. The molecule has 0 unspecified atom stereocenters. The first-order valence-corrected chi connectivity index (χ1v) is 7.60. The molecule has 5 heteroatoms. The summed E-state index contributed by atoms with van der Waals surface area (Å²) in [6.07, 6.45) is 0. The average molecular weight is 311 g/mol. The van der Waals surface area contributed by atoms with E-state index in [1.54, 1.807) is 0 Å². The number of rotatable bonds is 6. The Kier molecular flexibility index (Phi) is 6.17. The van der Waals surface area contributed by atoms with Crippen LogP contribution in [-0.2, 0) is 11.3 Å². The molecule has 0 saturated carbocycles. The zero-order valence-corrected chi connectivity index (χ0v) is 13.2. The highest BCUT2D eigenvalue weighted by atomic mass is 16.2. The van der Waals surface area contributed by atoms with E-state index in [0.29, 0.717) is 13.1 Å². The topological polar surface area (TPSA) is 61.4 Å². The SMILES string of the molecule is CCN(CC(=O)NC(=O)NCc1ccccc1)c1ccccc1. The number of nitrogens with zero attached hydrogens (tertiary/aromatic N) is 1. The van der Waals surface area contributed by atoms with Crippen LogP contribution >= 0.6 is 0 Å². The summed E-state index contributed by atoms with van der Waals surface area (Å²) in [5.41, 5.74) is 1.93. The highest BCUT2D eigenvalue weighted by Gasteiger charge is 2.12. The fourth-order valence-electron chi connectivity index (χ4n) is 2.19. The molecule has 5 nitrogen and oxygen atoms in total. The van der Waals surface area contributed by atoms with E-state index in [2.05, 4.69) is 10.6 Å². The minimum absolute atomic E-state index is 0.138. The first-order chi connectivity index (χ1) is 11.2. The van der Waals surface area contributed by atoms with Gasteiger partial charge in [-0.2, -0.15) is 0 Å². The van der Waals surface area contributed by atoms with Crippen molar-refractivity contribution in [3.8, 4) is 0 Å². The van der Waals surface area contributed by atoms with E-state index in [-0.39, 0.29) is 12.5 Å². The minimum Gasteiger partial charge on any atom is -0.362 e. The number of para-hydroxylation sites is 1. The van der Waals surface area contributed by atoms with Crippen molar-refractivity contribution in [1.29, 1.82) is 0 Å². The number of likely N-dealkylation sites (N-methyl/N-ethyl adjacent to an activating group) is 1. The number of carbonyl (C=O) groups excluding carboxylic acids is 2. The van der Waals surface area contributed by atoms with Gasteiger partial charge in [0.25, 0.3) is 0 Å². The number of urea groups is 1. The van der Waals surface area contributed by atoms with Gasteiger partial charge in [-0.1, -0.05) is 48.5 Å². The lowest BCUT2D eigenvalue weighted by Crippen LogP contribution is -2.44. The third-order valence-corrected chi connectivity index (χ3v) is 3.39. The van der Waals surface area contributed by atoms with E-state index in [4.69, 9.17) is 0 Å². The van der Waals surface area contributed by atoms with Gasteiger partial charge in [0.1, 0.15) is 0 Å². The second kappa shape index (κ2) is 8.58. The fourth-order valence-corrected chi connectivity index (χ4v) is 2.19. The summed E-state index contributed by atoms with van der Waals surface area (Å²) in [4.78, 5) is 25.7. The minimum atomic E-state index is -0.483. The Hall–Kier alpha value is -2.82. The molecule has 3 amide bonds. The van der Waals surface area contributed by atoms with Crippen LogP contribution in [0, 0.1) is 0 Å². The number of hydrogen-bond acceptors (Lipinski definition) is 3. The Balaban J connectivity index is 1.80. The van der Waals surface area contributed by atoms with Crippen molar-refractivity contribution < 1.29 is 9.59 Å². The number of benzene rings is 2. The lowest BCUT2D eigenvalue weighted by Gasteiger charge is -2.22. The molecule has 0 fully saturated rings. The summed E-state index contributed by atoms with van der Waals surface area (Å²) in [5, 5.41) is 5.03. The summed E-state index contributed by atoms with van der Waals surface area (Å²) in [7, 11) is 0. The van der Waals surface area contributed by atoms with Gasteiger partial charge in [0.15, 0.2) is 0 Å². The molecular weight excluding hydrogens is 290 g/mol. The molecule has 0 aliphatic heterocycles. The molecule has 0 radical (unpaired) electrons. The summed E-state index contributed by atoms with van der Waals surface area (Å²) < 4.78 is 0. The lowest BCUT2D eigenvalue weighted by atomic mass is 10.2. The van der Waals surface area contributed by atoms with Gasteiger partial charge in [-0.3, -0.25) is 10.1 Å². The first-order valence-electron chi connectivity index (χ1n) is 7.60. The number of carbonyl (C=O) groups is 2. The molecule has 2 aromatic rings. The lowest BCUT2D eigenvalue weighted by molar-refractivity contribution is -0.118. The Morgan fingerprint density at radius 2 is 1.57 bits per heavy atom. The Morgan fingerprint density at radius 1 is 0.957 bits per heavy atom. The summed E-state index contributed by atoms with van der Waals surface area (Å²) in [6.45, 7) is 3.17. The standard InChI is InChI=1S/C18H21N3O2/c1-2-21(16-11-7-4-8-12-16)14-17(22)20-18(23)19-13-15-9-5-3-6-10-15/h3-12H,2,13-14H2,1H3,(H2,19,20,22,23). The predicted molar refractivity (Wildman–Crippen MR) is 91.1 cm³/mol. The molecule has 0 aromatic heterocycles. The number of amides is 3. The van der Waals surface area contributed by atoms with Gasteiger partial charge in [-0.25, -0.2) is 4.79 Å². The maximum Gasteiger partial charge on any atom is 0.321 e. The molecule has 2 aromatic carbocycles. The Morgan fingerprint density at radius 3 is 2.17 bits per heavy atom. The highest BCUT2D eigenvalue weighted by molar-refractivity contribution is 5.96. The van der Waals surface area contributed by atoms with Crippen LogP contribution in [0.5, 0.6) is 0 Å². The second-order valence-corrected chi connectivity index (χ2v) is 5.07. The Labute approximate surface area is 136 Å². The third kappa shape index (κ3) is 5.47. The van der Waals surface area contributed by atoms with Crippen molar-refractivity contribution in [3.63, 3.8) is 0 Å². The van der Waals surface area contributed by atoms with E-state index in [1.807, 2.05) is 72.5 Å². The summed E-state index contributed by atoms with van der Waals surface area (Å²) >= 11 is 0. The van der Waals surface area contributed by atoms with Crippen LogP contribution in [0.25, 0.3) is 0 Å². The van der Waals surface area contributed by atoms with Crippen molar-refractivity contribution in [2.24, 2.45) is 0 Å². The van der Waals surface area contributed by atoms with Gasteiger partial charge in [0.05, 0.1) is 6.54 Å². The monoisotopic (exact) mass is 311 g/mol. The maximum absolute atomic E-state index is 12.0. The molecule has 120 valence electrons. The molecular formula is C18H21N3O2. The van der Waals surface area contributed by atoms with Crippen molar-refractivity contribution in [3.05, 3.63) is 66.2 Å². The van der Waals surface area contributed by atoms with E-state index < -0.39 is 6.03 Å². The van der Waals surface area contributed by atoms with Gasteiger partial charge >= 0.3 is 6.03 Å². The van der Waals surface area contributed by atoms with E-state index >= 15 is 0 Å². The van der Waals surface area contributed by atoms with Gasteiger partial charge in [0, 0.05) is 18.8 Å². The predicted octanol–water partition coefficient (Wildman–Crippen LogP) is 2.54. The molecule has 0 heterocycles. The number of imide groups is 1. The molecule has 2 N–H and O–H groups in total. The summed E-state index contributed by atoms with van der Waals surface area (Å²) in [6, 6.07) is 18.7. The van der Waals surface area contributed by atoms with Gasteiger partial charge in [0.2, 0.25) is 5.91 Å². The van der Waals surface area contributed by atoms with E-state index in [9.17, 15) is 9.59 Å². The van der Waals surface area contributed by atoms with Crippen LogP contribution in [0.2, 0.25) is 0 Å². The normalized spacial score (nSPS) is 9.96. The van der Waals surface area contributed by atoms with Crippen molar-refractivity contribution in [1.82, 2.24) is 10.6 Å². The van der Waals surface area contributed by atoms with Gasteiger partial charge in [-0.15, -0.1) is 0 Å². The number of nitrogens with one attached hydrogen (secondary N) is 2. The van der Waals surface area contributed by atoms with Crippen molar-refractivity contribution in [2.75, 3.05) is 18.0 Å². The van der Waals surface area contributed by atoms with E-state index in [1.165, 1.54) is 0 Å². The molecule has 2 rings (SSSR count). The second-order valence-electron chi connectivity index (χ2n) is 5.07. The zero-order valence-electron chi connectivity index (χ0n) is 13.2. The fraction of sp³-hybridized carbons (Fsp3) is 0.222. The average Bonchev–Trinajstić information content (AvgIpc) is 2.59. The largest absolute Gasteiger partial charge is 0.362 e. The number of anilines is 1. The number of hydrogen-bond donors (Lipinski definition) is 2. The zero-order chi connectivity index (χ0) is 16.5. The van der Waals surface area contributed by atoms with Crippen LogP contribution in [0.15, 0.2) is 60.7 Å². The molecule has 0 aliphatic rings. The van der Waals surface area contributed by atoms with Crippen LogP contribution in [0.3, 0.4) is 0 Å². The van der Waals surface area contributed by atoms with Crippen LogP contribution in [0.1, 0.15) is 12.5 Å². The molecule has 0 atom stereocenters. The van der Waals surface area contributed by atoms with Crippen LogP contribution in [-0.4, -0.2) is 25.0 Å². The smallest absolute Gasteiger partial charge is 0.321 e. The van der Waals surface area contributed by atoms with Crippen LogP contribution in [0.4, 0.5) is 10.5 Å². The molecule has 23 heavy (non-hydrogen) atoms. The van der Waals surface area contributed by atoms with E-state index in [0.717, 1.165) is 11.3 Å². The summed E-state index contributed by atoms with van der Waals surface area (Å²) in [5.74, 6) is -0.332. The van der Waals surface area contributed by atoms with Crippen LogP contribution < -0.4 is 15.5 Å². The molecule has 0 bridgehead atoms.